The maximum Gasteiger partial charge on any atom is 0.204 e. The van der Waals surface area contributed by atoms with E-state index in [1.165, 1.54) is 0 Å². The molecule has 0 bridgehead atoms. The molecule has 0 aliphatic heterocycles. The first kappa shape index (κ1) is 13.1. The first-order chi connectivity index (χ1) is 8.83. The van der Waals surface area contributed by atoms with Crippen molar-refractivity contribution in [2.75, 3.05) is 5.75 Å². The van der Waals surface area contributed by atoms with Crippen LogP contribution in [0.1, 0.15) is 19.8 Å². The normalized spacial score (nSPS) is 12.6. The van der Waals surface area contributed by atoms with Crippen molar-refractivity contribution in [3.05, 3.63) is 30.3 Å². The average Bonchev–Trinajstić information content (AvgIpc) is 2.88. The number of aromatic nitrogens is 4. The summed E-state index contributed by atoms with van der Waals surface area (Å²) in [6.45, 7) is 2.97. The second-order valence-electron chi connectivity index (χ2n) is 4.37. The molecule has 0 aliphatic carbocycles. The van der Waals surface area contributed by atoms with Gasteiger partial charge in [0.2, 0.25) is 5.82 Å². The van der Waals surface area contributed by atoms with Gasteiger partial charge in [-0.25, -0.2) is 0 Å². The molecule has 0 N–H and O–H groups in total. The van der Waals surface area contributed by atoms with Crippen molar-refractivity contribution < 1.29 is 0 Å². The summed E-state index contributed by atoms with van der Waals surface area (Å²) in [6, 6.07) is 9.91. The van der Waals surface area contributed by atoms with Crippen LogP contribution < -0.4 is 0 Å². The van der Waals surface area contributed by atoms with Crippen LogP contribution in [0.5, 0.6) is 0 Å². The van der Waals surface area contributed by atoms with Crippen LogP contribution >= 0.6 is 12.6 Å². The molecule has 0 fully saturated rings. The lowest BCUT2D eigenvalue weighted by Crippen LogP contribution is -2.14. The van der Waals surface area contributed by atoms with Gasteiger partial charge in [-0.15, -0.1) is 10.2 Å². The zero-order valence-electron chi connectivity index (χ0n) is 10.5. The van der Waals surface area contributed by atoms with E-state index >= 15 is 0 Å². The number of nitrogens with zero attached hydrogens (tertiary/aromatic N) is 4. The number of hydrogen-bond acceptors (Lipinski definition) is 4. The summed E-state index contributed by atoms with van der Waals surface area (Å²) in [5.74, 6) is 2.05. The van der Waals surface area contributed by atoms with Crippen LogP contribution in [0.15, 0.2) is 30.3 Å². The summed E-state index contributed by atoms with van der Waals surface area (Å²) < 4.78 is 0. The van der Waals surface area contributed by atoms with Gasteiger partial charge in [0.25, 0.3) is 0 Å². The molecule has 2 aromatic rings. The number of thiol groups is 1. The smallest absolute Gasteiger partial charge is 0.179 e. The molecule has 0 aliphatic rings. The van der Waals surface area contributed by atoms with Gasteiger partial charge < -0.3 is 0 Å². The Balaban J connectivity index is 2.06. The van der Waals surface area contributed by atoms with Gasteiger partial charge >= 0.3 is 0 Å². The van der Waals surface area contributed by atoms with Crippen molar-refractivity contribution >= 4 is 12.6 Å². The minimum Gasteiger partial charge on any atom is -0.179 e. The first-order valence-corrected chi connectivity index (χ1v) is 6.90. The van der Waals surface area contributed by atoms with E-state index in [2.05, 4.69) is 35.0 Å². The highest BCUT2D eigenvalue weighted by molar-refractivity contribution is 7.80. The van der Waals surface area contributed by atoms with Crippen LogP contribution in [-0.2, 0) is 6.54 Å². The Bertz CT molecular complexity index is 469. The molecule has 0 spiro atoms. The maximum absolute atomic E-state index is 4.41. The molecule has 1 heterocycles. The van der Waals surface area contributed by atoms with E-state index in [4.69, 9.17) is 0 Å². The lowest BCUT2D eigenvalue weighted by Gasteiger charge is -2.10. The average molecular weight is 262 g/mol. The Morgan fingerprint density at radius 3 is 2.72 bits per heavy atom. The van der Waals surface area contributed by atoms with E-state index in [-0.39, 0.29) is 0 Å². The van der Waals surface area contributed by atoms with Crippen molar-refractivity contribution in [2.24, 2.45) is 5.92 Å². The van der Waals surface area contributed by atoms with Crippen LogP contribution in [0.2, 0.25) is 0 Å². The van der Waals surface area contributed by atoms with Gasteiger partial charge in [0.05, 0.1) is 6.54 Å². The second kappa shape index (κ2) is 6.54. The van der Waals surface area contributed by atoms with E-state index in [0.29, 0.717) is 11.7 Å². The predicted molar refractivity (Wildman–Crippen MR) is 75.5 cm³/mol. The highest BCUT2D eigenvalue weighted by atomic mass is 32.1. The van der Waals surface area contributed by atoms with E-state index in [1.54, 1.807) is 4.80 Å². The topological polar surface area (TPSA) is 43.6 Å². The summed E-state index contributed by atoms with van der Waals surface area (Å²) >= 11 is 4.37. The van der Waals surface area contributed by atoms with E-state index < -0.39 is 0 Å². The van der Waals surface area contributed by atoms with Crippen LogP contribution in [0.25, 0.3) is 11.4 Å². The molecule has 1 aromatic heterocycles. The van der Waals surface area contributed by atoms with Gasteiger partial charge in [0.15, 0.2) is 0 Å². The highest BCUT2D eigenvalue weighted by Gasteiger charge is 2.10. The minimum absolute atomic E-state index is 0.510. The van der Waals surface area contributed by atoms with Gasteiger partial charge in [-0.2, -0.15) is 17.4 Å². The predicted octanol–water partition coefficient (Wildman–Crippen LogP) is 2.69. The summed E-state index contributed by atoms with van der Waals surface area (Å²) in [4.78, 5) is 1.68. The lowest BCUT2D eigenvalue weighted by molar-refractivity contribution is 0.389. The summed E-state index contributed by atoms with van der Waals surface area (Å²) in [5.41, 5.74) is 1.00. The van der Waals surface area contributed by atoms with Crippen LogP contribution in [0, 0.1) is 5.92 Å². The second-order valence-corrected chi connectivity index (χ2v) is 4.74. The third-order valence-corrected chi connectivity index (χ3v) is 3.38. The fourth-order valence-electron chi connectivity index (χ4n) is 1.90. The van der Waals surface area contributed by atoms with Gasteiger partial charge in [0, 0.05) is 5.56 Å². The quantitative estimate of drug-likeness (QED) is 0.814. The van der Waals surface area contributed by atoms with Gasteiger partial charge in [0.1, 0.15) is 0 Å². The van der Waals surface area contributed by atoms with E-state index in [1.807, 2.05) is 30.3 Å². The zero-order chi connectivity index (χ0) is 12.8. The molecule has 1 atom stereocenters. The first-order valence-electron chi connectivity index (χ1n) is 6.27. The lowest BCUT2D eigenvalue weighted by atomic mass is 10.1. The van der Waals surface area contributed by atoms with Crippen LogP contribution in [0.4, 0.5) is 0 Å². The molecule has 0 saturated carbocycles. The van der Waals surface area contributed by atoms with E-state index in [9.17, 15) is 0 Å². The molecule has 18 heavy (non-hydrogen) atoms. The molecule has 96 valence electrons. The van der Waals surface area contributed by atoms with Crippen molar-refractivity contribution in [2.45, 2.75) is 26.3 Å². The summed E-state index contributed by atoms with van der Waals surface area (Å²) in [5, 5.41) is 12.6. The van der Waals surface area contributed by atoms with Crippen molar-refractivity contribution in [3.8, 4) is 11.4 Å². The van der Waals surface area contributed by atoms with Gasteiger partial charge in [-0.1, -0.05) is 43.7 Å². The minimum atomic E-state index is 0.510. The Kier molecular flexibility index (Phi) is 4.75. The molecule has 5 heteroatoms. The van der Waals surface area contributed by atoms with Gasteiger partial charge in [-0.3, -0.25) is 0 Å². The number of benzene rings is 1. The molecule has 1 aromatic carbocycles. The number of rotatable bonds is 6. The molecule has 4 nitrogen and oxygen atoms in total. The Labute approximate surface area is 113 Å². The SMILES string of the molecule is CCCC(CS)Cn1nnc(-c2ccccc2)n1. The molecular weight excluding hydrogens is 244 g/mol. The molecule has 2 rings (SSSR count). The van der Waals surface area contributed by atoms with E-state index in [0.717, 1.165) is 30.7 Å². The Hall–Kier alpha value is -1.36. The molecular formula is C13H18N4S. The van der Waals surface area contributed by atoms with Crippen LogP contribution in [0.3, 0.4) is 0 Å². The largest absolute Gasteiger partial charge is 0.204 e. The Morgan fingerprint density at radius 2 is 2.06 bits per heavy atom. The summed E-state index contributed by atoms with van der Waals surface area (Å²) in [6.07, 6.45) is 2.30. The van der Waals surface area contributed by atoms with Crippen molar-refractivity contribution in [1.29, 1.82) is 0 Å². The maximum atomic E-state index is 4.41. The third kappa shape index (κ3) is 3.32. The highest BCUT2D eigenvalue weighted by Crippen LogP contribution is 2.14. The zero-order valence-corrected chi connectivity index (χ0v) is 11.4. The standard InChI is InChI=1S/C13H18N4S/c1-2-6-11(10-18)9-17-15-13(14-16-17)12-7-4-3-5-8-12/h3-5,7-8,11,18H,2,6,9-10H2,1H3. The number of tetrazole rings is 1. The molecule has 0 amide bonds. The van der Waals surface area contributed by atoms with Crippen molar-refractivity contribution in [1.82, 2.24) is 20.2 Å². The molecule has 1 unspecified atom stereocenters. The summed E-state index contributed by atoms with van der Waals surface area (Å²) in [7, 11) is 0. The van der Waals surface area contributed by atoms with Crippen molar-refractivity contribution in [3.63, 3.8) is 0 Å². The third-order valence-electron chi connectivity index (χ3n) is 2.86. The van der Waals surface area contributed by atoms with Crippen LogP contribution in [-0.4, -0.2) is 26.0 Å². The molecule has 0 radical (unpaired) electrons. The fourth-order valence-corrected chi connectivity index (χ4v) is 2.20. The fraction of sp³-hybridized carbons (Fsp3) is 0.462. The number of hydrogen-bond donors (Lipinski definition) is 1. The monoisotopic (exact) mass is 262 g/mol. The Morgan fingerprint density at radius 1 is 1.28 bits per heavy atom. The van der Waals surface area contributed by atoms with Gasteiger partial charge in [-0.05, 0) is 23.3 Å². The molecule has 0 saturated heterocycles.